The first kappa shape index (κ1) is 23.8. The minimum atomic E-state index is -4.42. The van der Waals surface area contributed by atoms with Gasteiger partial charge in [0.2, 0.25) is 0 Å². The number of benzene rings is 1. The summed E-state index contributed by atoms with van der Waals surface area (Å²) in [4.78, 5) is 8.78. The molecule has 1 aromatic carbocycles. The van der Waals surface area contributed by atoms with E-state index in [1.807, 2.05) is 0 Å². The van der Waals surface area contributed by atoms with E-state index in [1.54, 1.807) is 18.2 Å². The lowest BCUT2D eigenvalue weighted by Gasteiger charge is -2.42. The molecule has 0 radical (unpaired) electrons. The van der Waals surface area contributed by atoms with Crippen molar-refractivity contribution in [2.24, 2.45) is 5.92 Å². The number of pyridine rings is 1. The number of aromatic nitrogens is 1. The van der Waals surface area contributed by atoms with Gasteiger partial charge in [0.25, 0.3) is 0 Å². The Kier molecular flexibility index (Phi) is 7.81. The Balaban J connectivity index is 1.89. The highest BCUT2D eigenvalue weighted by Gasteiger charge is 2.35. The Morgan fingerprint density at radius 1 is 1.16 bits per heavy atom. The van der Waals surface area contributed by atoms with Crippen LogP contribution in [-0.2, 0) is 6.18 Å². The second kappa shape index (κ2) is 10.2. The van der Waals surface area contributed by atoms with Crippen LogP contribution in [0.3, 0.4) is 0 Å². The Bertz CT molecular complexity index is 850. The van der Waals surface area contributed by atoms with Gasteiger partial charge in [-0.25, -0.2) is 0 Å². The molecule has 172 valence electrons. The lowest BCUT2D eigenvalue weighted by atomic mass is 9.94. The van der Waals surface area contributed by atoms with Gasteiger partial charge in [0.15, 0.2) is 0 Å². The zero-order valence-electron chi connectivity index (χ0n) is 19.0. The van der Waals surface area contributed by atoms with Gasteiger partial charge in [-0.2, -0.15) is 13.2 Å². The maximum atomic E-state index is 13.5. The van der Waals surface area contributed by atoms with Crippen LogP contribution in [-0.4, -0.2) is 48.3 Å². The molecular formula is C24H35F3N4. The molecule has 1 unspecified atom stereocenters. The molecule has 2 aromatic rings. The number of fused-ring (bicyclic) bond motifs is 1. The number of nitrogens with one attached hydrogen (secondary N) is 1. The molecule has 1 N–H and O–H groups in total. The second-order valence-electron chi connectivity index (χ2n) is 8.66. The number of rotatable bonds is 8. The third kappa shape index (κ3) is 5.50. The Labute approximate surface area is 183 Å². The van der Waals surface area contributed by atoms with Crippen LogP contribution in [0, 0.1) is 5.92 Å². The number of piperidine rings is 1. The standard InChI is InChI=1S/C24H35F3N4/c1-5-9-22(30(6-2)7-3)29-18-14-17(4)15-31(16-18)21-12-11-20(24(25,26)27)23-19(21)10-8-13-28-23/h8,10-13,17-18,22,29H,5-7,9,14-16H2,1-4H3/t17-,18+,22?/m0/s1. The molecule has 2 heterocycles. The largest absolute Gasteiger partial charge is 0.418 e. The van der Waals surface area contributed by atoms with E-state index >= 15 is 0 Å². The maximum Gasteiger partial charge on any atom is 0.418 e. The Morgan fingerprint density at radius 3 is 2.55 bits per heavy atom. The SMILES string of the molecule is CCCC(N[C@@H]1C[C@H](C)CN(c2ccc(C(F)(F)F)c3ncccc23)C1)N(CC)CC. The van der Waals surface area contributed by atoms with Crippen LogP contribution in [0.15, 0.2) is 30.5 Å². The van der Waals surface area contributed by atoms with Crippen LogP contribution in [0.5, 0.6) is 0 Å². The third-order valence-corrected chi connectivity index (χ3v) is 6.30. The second-order valence-corrected chi connectivity index (χ2v) is 8.66. The van der Waals surface area contributed by atoms with Crippen LogP contribution < -0.4 is 10.2 Å². The van der Waals surface area contributed by atoms with Gasteiger partial charge >= 0.3 is 6.18 Å². The average molecular weight is 437 g/mol. The molecule has 31 heavy (non-hydrogen) atoms. The topological polar surface area (TPSA) is 31.4 Å². The third-order valence-electron chi connectivity index (χ3n) is 6.30. The fraction of sp³-hybridized carbons (Fsp3) is 0.625. The number of hydrogen-bond donors (Lipinski definition) is 1. The minimum absolute atomic E-state index is 0.0298. The van der Waals surface area contributed by atoms with Gasteiger partial charge in [-0.1, -0.05) is 34.1 Å². The van der Waals surface area contributed by atoms with E-state index in [9.17, 15) is 13.2 Å². The molecule has 3 atom stereocenters. The highest BCUT2D eigenvalue weighted by atomic mass is 19.4. The van der Waals surface area contributed by atoms with Crippen molar-refractivity contribution in [3.8, 4) is 0 Å². The van der Waals surface area contributed by atoms with Crippen molar-refractivity contribution in [2.45, 2.75) is 65.3 Å². The summed E-state index contributed by atoms with van der Waals surface area (Å²) < 4.78 is 40.5. The minimum Gasteiger partial charge on any atom is -0.369 e. The zero-order valence-corrected chi connectivity index (χ0v) is 19.0. The number of nitrogens with zero attached hydrogens (tertiary/aromatic N) is 3. The van der Waals surface area contributed by atoms with Crippen molar-refractivity contribution in [3.63, 3.8) is 0 Å². The smallest absolute Gasteiger partial charge is 0.369 e. The Morgan fingerprint density at radius 2 is 1.90 bits per heavy atom. The van der Waals surface area contributed by atoms with Crippen LogP contribution >= 0.6 is 0 Å². The van der Waals surface area contributed by atoms with Crippen molar-refractivity contribution in [1.29, 1.82) is 0 Å². The predicted molar refractivity (Wildman–Crippen MR) is 121 cm³/mol. The summed E-state index contributed by atoms with van der Waals surface area (Å²) in [6, 6.07) is 6.56. The number of anilines is 1. The van der Waals surface area contributed by atoms with E-state index in [-0.39, 0.29) is 11.6 Å². The normalized spacial score (nSPS) is 21.1. The van der Waals surface area contributed by atoms with Gasteiger partial charge in [0.1, 0.15) is 0 Å². The molecule has 4 nitrogen and oxygen atoms in total. The van der Waals surface area contributed by atoms with Crippen LogP contribution in [0.2, 0.25) is 0 Å². The molecule has 1 fully saturated rings. The first-order valence-corrected chi connectivity index (χ1v) is 11.5. The van der Waals surface area contributed by atoms with Gasteiger partial charge in [-0.05, 0) is 56.1 Å². The Hall–Kier alpha value is -1.86. The lowest BCUT2D eigenvalue weighted by Crippen LogP contribution is -2.56. The monoisotopic (exact) mass is 436 g/mol. The van der Waals surface area contributed by atoms with Crippen molar-refractivity contribution >= 4 is 16.6 Å². The van der Waals surface area contributed by atoms with E-state index in [2.05, 4.69) is 47.8 Å². The summed E-state index contributed by atoms with van der Waals surface area (Å²) >= 11 is 0. The molecule has 1 aliphatic rings. The summed E-state index contributed by atoms with van der Waals surface area (Å²) in [5, 5.41) is 4.43. The van der Waals surface area contributed by atoms with E-state index in [4.69, 9.17) is 0 Å². The van der Waals surface area contributed by atoms with Crippen molar-refractivity contribution in [2.75, 3.05) is 31.1 Å². The van der Waals surface area contributed by atoms with Gasteiger partial charge in [-0.15, -0.1) is 0 Å². The molecule has 1 aromatic heterocycles. The van der Waals surface area contributed by atoms with E-state index in [0.717, 1.165) is 51.1 Å². The molecular weight excluding hydrogens is 401 g/mol. The lowest BCUT2D eigenvalue weighted by molar-refractivity contribution is -0.136. The number of hydrogen-bond acceptors (Lipinski definition) is 4. The van der Waals surface area contributed by atoms with Gasteiger partial charge in [0.05, 0.1) is 17.2 Å². The highest BCUT2D eigenvalue weighted by molar-refractivity contribution is 5.94. The number of halogens is 3. The summed E-state index contributed by atoms with van der Waals surface area (Å²) in [5.74, 6) is 0.444. The van der Waals surface area contributed by atoms with Crippen molar-refractivity contribution in [1.82, 2.24) is 15.2 Å². The summed E-state index contributed by atoms with van der Waals surface area (Å²) in [6.45, 7) is 12.4. The summed E-state index contributed by atoms with van der Waals surface area (Å²) in [7, 11) is 0. The van der Waals surface area contributed by atoms with Crippen LogP contribution in [0.4, 0.5) is 18.9 Å². The van der Waals surface area contributed by atoms with Gasteiger partial charge in [-0.3, -0.25) is 15.2 Å². The van der Waals surface area contributed by atoms with Crippen LogP contribution in [0.1, 0.15) is 52.5 Å². The van der Waals surface area contributed by atoms with Gasteiger partial charge < -0.3 is 4.90 Å². The predicted octanol–water partition coefficient (Wildman–Crippen LogP) is 5.53. The molecule has 1 aliphatic heterocycles. The molecule has 7 heteroatoms. The quantitative estimate of drug-likeness (QED) is 0.552. The fourth-order valence-electron chi connectivity index (χ4n) is 4.91. The van der Waals surface area contributed by atoms with Crippen molar-refractivity contribution in [3.05, 3.63) is 36.0 Å². The molecule has 3 rings (SSSR count). The van der Waals surface area contributed by atoms with Gasteiger partial charge in [0, 0.05) is 36.4 Å². The molecule has 0 aliphatic carbocycles. The highest BCUT2D eigenvalue weighted by Crippen LogP contribution is 2.38. The fourth-order valence-corrected chi connectivity index (χ4v) is 4.91. The first-order chi connectivity index (χ1) is 14.8. The molecule has 0 bridgehead atoms. The first-order valence-electron chi connectivity index (χ1n) is 11.5. The molecule has 0 amide bonds. The summed E-state index contributed by atoms with van der Waals surface area (Å²) in [5.41, 5.74) is 0.197. The van der Waals surface area contributed by atoms with Crippen LogP contribution in [0.25, 0.3) is 10.9 Å². The molecule has 1 saturated heterocycles. The van der Waals surface area contributed by atoms with Crippen molar-refractivity contribution < 1.29 is 13.2 Å². The van der Waals surface area contributed by atoms with E-state index in [0.29, 0.717) is 17.5 Å². The molecule has 0 saturated carbocycles. The average Bonchev–Trinajstić information content (AvgIpc) is 2.72. The summed E-state index contributed by atoms with van der Waals surface area (Å²) in [6.07, 6.45) is 0.596. The zero-order chi connectivity index (χ0) is 22.6. The maximum absolute atomic E-state index is 13.5. The van der Waals surface area contributed by atoms with E-state index in [1.165, 1.54) is 12.3 Å². The van der Waals surface area contributed by atoms with E-state index < -0.39 is 11.7 Å². The molecule has 0 spiro atoms. The number of alkyl halides is 3.